The molecular formula is C11H14N2O. The van der Waals surface area contributed by atoms with Gasteiger partial charge in [-0.05, 0) is 31.5 Å². The number of hydrogen-bond donors (Lipinski definition) is 1. The molecule has 0 saturated carbocycles. The average molecular weight is 190 g/mol. The number of fused-ring (bicyclic) bond motifs is 1. The number of nitrogens with zero attached hydrogens (tertiary/aromatic N) is 1. The minimum atomic E-state index is -0.129. The van der Waals surface area contributed by atoms with Crippen molar-refractivity contribution < 1.29 is 4.79 Å². The first-order valence-corrected chi connectivity index (χ1v) is 4.74. The molecule has 14 heavy (non-hydrogen) atoms. The van der Waals surface area contributed by atoms with Crippen molar-refractivity contribution in [3.05, 3.63) is 23.8 Å². The number of amides is 1. The fourth-order valence-corrected chi connectivity index (χ4v) is 1.75. The van der Waals surface area contributed by atoms with Gasteiger partial charge in [-0.1, -0.05) is 6.07 Å². The molecule has 0 spiro atoms. The molecule has 0 saturated heterocycles. The fourth-order valence-electron chi connectivity index (χ4n) is 1.75. The van der Waals surface area contributed by atoms with Gasteiger partial charge in [-0.3, -0.25) is 4.79 Å². The standard InChI is InChI=1S/C11H14N2O/c1-7-4-5-9-10(6-7)13(3)11(14)8(2)12-9/h4-6,8,12H,1-3H3. The minimum Gasteiger partial charge on any atom is -0.372 e. The lowest BCUT2D eigenvalue weighted by atomic mass is 10.1. The van der Waals surface area contributed by atoms with Crippen LogP contribution in [0.3, 0.4) is 0 Å². The second-order valence-corrected chi connectivity index (χ2v) is 3.78. The van der Waals surface area contributed by atoms with Gasteiger partial charge in [0.05, 0.1) is 11.4 Å². The van der Waals surface area contributed by atoms with Crippen LogP contribution in [0, 0.1) is 6.92 Å². The molecule has 1 aromatic carbocycles. The first-order valence-electron chi connectivity index (χ1n) is 4.74. The molecule has 3 nitrogen and oxygen atoms in total. The SMILES string of the molecule is Cc1ccc2c(c1)N(C)C(=O)C(C)N2. The first-order chi connectivity index (χ1) is 6.59. The fraction of sp³-hybridized carbons (Fsp3) is 0.364. The largest absolute Gasteiger partial charge is 0.372 e. The van der Waals surface area contributed by atoms with E-state index in [1.165, 1.54) is 5.56 Å². The zero-order valence-electron chi connectivity index (χ0n) is 8.66. The van der Waals surface area contributed by atoms with Crippen molar-refractivity contribution in [3.63, 3.8) is 0 Å². The van der Waals surface area contributed by atoms with Gasteiger partial charge < -0.3 is 10.2 Å². The van der Waals surface area contributed by atoms with E-state index in [0.717, 1.165) is 11.4 Å². The molecule has 1 aliphatic rings. The Morgan fingerprint density at radius 2 is 2.14 bits per heavy atom. The maximum atomic E-state index is 11.7. The van der Waals surface area contributed by atoms with Gasteiger partial charge >= 0.3 is 0 Å². The number of rotatable bonds is 0. The molecule has 1 atom stereocenters. The van der Waals surface area contributed by atoms with Crippen LogP contribution in [0.5, 0.6) is 0 Å². The summed E-state index contributed by atoms with van der Waals surface area (Å²) in [5.41, 5.74) is 3.16. The molecule has 0 aliphatic carbocycles. The van der Waals surface area contributed by atoms with Gasteiger partial charge in [-0.2, -0.15) is 0 Å². The molecule has 1 aliphatic heterocycles. The van der Waals surface area contributed by atoms with E-state index in [0.29, 0.717) is 0 Å². The van der Waals surface area contributed by atoms with Crippen LogP contribution in [0.25, 0.3) is 0 Å². The quantitative estimate of drug-likeness (QED) is 0.676. The van der Waals surface area contributed by atoms with E-state index in [4.69, 9.17) is 0 Å². The number of hydrogen-bond acceptors (Lipinski definition) is 2. The number of carbonyl (C=O) groups is 1. The molecule has 1 aromatic rings. The Kier molecular flexibility index (Phi) is 1.95. The van der Waals surface area contributed by atoms with Crippen LogP contribution >= 0.6 is 0 Å². The second kappa shape index (κ2) is 3.01. The van der Waals surface area contributed by atoms with Crippen molar-refractivity contribution >= 4 is 17.3 Å². The predicted molar refractivity (Wildman–Crippen MR) is 57.7 cm³/mol. The molecule has 2 rings (SSSR count). The number of aryl methyl sites for hydroxylation is 1. The number of likely N-dealkylation sites (N-methyl/N-ethyl adjacent to an activating group) is 1. The lowest BCUT2D eigenvalue weighted by Crippen LogP contribution is -2.43. The Bertz CT molecular complexity index is 387. The Hall–Kier alpha value is -1.51. The van der Waals surface area contributed by atoms with Gasteiger partial charge in [-0.15, -0.1) is 0 Å². The summed E-state index contributed by atoms with van der Waals surface area (Å²) in [6.07, 6.45) is 0. The summed E-state index contributed by atoms with van der Waals surface area (Å²) in [4.78, 5) is 13.4. The Morgan fingerprint density at radius 3 is 2.86 bits per heavy atom. The summed E-state index contributed by atoms with van der Waals surface area (Å²) in [7, 11) is 1.82. The predicted octanol–water partition coefficient (Wildman–Crippen LogP) is 1.77. The molecule has 1 amide bonds. The summed E-state index contributed by atoms with van der Waals surface area (Å²) in [6, 6.07) is 5.95. The van der Waals surface area contributed by atoms with Crippen LogP contribution in [-0.2, 0) is 4.79 Å². The summed E-state index contributed by atoms with van der Waals surface area (Å²) in [5, 5.41) is 3.18. The summed E-state index contributed by atoms with van der Waals surface area (Å²) < 4.78 is 0. The first kappa shape index (κ1) is 9.06. The third-order valence-corrected chi connectivity index (χ3v) is 2.59. The summed E-state index contributed by atoms with van der Waals surface area (Å²) >= 11 is 0. The van der Waals surface area contributed by atoms with Crippen molar-refractivity contribution in [2.24, 2.45) is 0 Å². The van der Waals surface area contributed by atoms with Crippen molar-refractivity contribution in [2.75, 3.05) is 17.3 Å². The topological polar surface area (TPSA) is 32.3 Å². The van der Waals surface area contributed by atoms with Crippen LogP contribution in [0.4, 0.5) is 11.4 Å². The highest BCUT2D eigenvalue weighted by atomic mass is 16.2. The van der Waals surface area contributed by atoms with E-state index in [9.17, 15) is 4.79 Å². The van der Waals surface area contributed by atoms with E-state index in [1.807, 2.05) is 39.1 Å². The number of benzene rings is 1. The zero-order chi connectivity index (χ0) is 10.3. The normalized spacial score (nSPS) is 20.4. The van der Waals surface area contributed by atoms with Gasteiger partial charge in [0.15, 0.2) is 0 Å². The lowest BCUT2D eigenvalue weighted by Gasteiger charge is -2.31. The highest BCUT2D eigenvalue weighted by Crippen LogP contribution is 2.30. The zero-order valence-corrected chi connectivity index (χ0v) is 8.66. The molecule has 3 heteroatoms. The van der Waals surface area contributed by atoms with Gasteiger partial charge in [0, 0.05) is 7.05 Å². The molecule has 0 bridgehead atoms. The van der Waals surface area contributed by atoms with E-state index >= 15 is 0 Å². The van der Waals surface area contributed by atoms with Crippen molar-refractivity contribution in [2.45, 2.75) is 19.9 Å². The van der Waals surface area contributed by atoms with Gasteiger partial charge in [0.2, 0.25) is 5.91 Å². The van der Waals surface area contributed by atoms with E-state index < -0.39 is 0 Å². The average Bonchev–Trinajstić information content (AvgIpc) is 2.16. The van der Waals surface area contributed by atoms with E-state index in [-0.39, 0.29) is 11.9 Å². The molecule has 0 aromatic heterocycles. The van der Waals surface area contributed by atoms with Crippen LogP contribution < -0.4 is 10.2 Å². The molecule has 0 fully saturated rings. The Morgan fingerprint density at radius 1 is 1.43 bits per heavy atom. The van der Waals surface area contributed by atoms with Crippen LogP contribution in [0.1, 0.15) is 12.5 Å². The van der Waals surface area contributed by atoms with E-state index in [2.05, 4.69) is 5.32 Å². The summed E-state index contributed by atoms with van der Waals surface area (Å²) in [6.45, 7) is 3.90. The molecule has 1 unspecified atom stereocenters. The summed E-state index contributed by atoms with van der Waals surface area (Å²) in [5.74, 6) is 0.114. The maximum Gasteiger partial charge on any atom is 0.248 e. The highest BCUT2D eigenvalue weighted by Gasteiger charge is 2.26. The minimum absolute atomic E-state index is 0.114. The smallest absolute Gasteiger partial charge is 0.248 e. The molecule has 74 valence electrons. The van der Waals surface area contributed by atoms with Crippen molar-refractivity contribution in [3.8, 4) is 0 Å². The van der Waals surface area contributed by atoms with Gasteiger partial charge in [0.25, 0.3) is 0 Å². The monoisotopic (exact) mass is 190 g/mol. The number of anilines is 2. The number of nitrogens with one attached hydrogen (secondary N) is 1. The number of carbonyl (C=O) groups excluding carboxylic acids is 1. The third kappa shape index (κ3) is 1.25. The van der Waals surface area contributed by atoms with Crippen LogP contribution in [0.2, 0.25) is 0 Å². The van der Waals surface area contributed by atoms with E-state index in [1.54, 1.807) is 4.90 Å². The van der Waals surface area contributed by atoms with Gasteiger partial charge in [0.1, 0.15) is 6.04 Å². The van der Waals surface area contributed by atoms with Crippen molar-refractivity contribution in [1.29, 1.82) is 0 Å². The second-order valence-electron chi connectivity index (χ2n) is 3.78. The maximum absolute atomic E-state index is 11.7. The molecule has 0 radical (unpaired) electrons. The highest BCUT2D eigenvalue weighted by molar-refractivity contribution is 6.04. The molecular weight excluding hydrogens is 176 g/mol. The lowest BCUT2D eigenvalue weighted by molar-refractivity contribution is -0.118. The Labute approximate surface area is 83.7 Å². The van der Waals surface area contributed by atoms with Gasteiger partial charge in [-0.25, -0.2) is 0 Å². The van der Waals surface area contributed by atoms with Crippen molar-refractivity contribution in [1.82, 2.24) is 0 Å². The molecule has 1 N–H and O–H groups in total. The third-order valence-electron chi connectivity index (χ3n) is 2.59. The van der Waals surface area contributed by atoms with Crippen LogP contribution in [-0.4, -0.2) is 19.0 Å². The molecule has 1 heterocycles. The Balaban J connectivity index is 2.51. The van der Waals surface area contributed by atoms with Crippen LogP contribution in [0.15, 0.2) is 18.2 Å².